The number of hydrogen-bond donors (Lipinski definition) is 1. The molecule has 26 heavy (non-hydrogen) atoms. The Morgan fingerprint density at radius 2 is 1.96 bits per heavy atom. The van der Waals surface area contributed by atoms with E-state index in [1.807, 2.05) is 30.3 Å². The fourth-order valence-corrected chi connectivity index (χ4v) is 4.98. The summed E-state index contributed by atoms with van der Waals surface area (Å²) in [6.07, 6.45) is 2.65. The molecule has 1 aromatic heterocycles. The van der Waals surface area contributed by atoms with Crippen LogP contribution in [0.2, 0.25) is 0 Å². The van der Waals surface area contributed by atoms with E-state index in [0.29, 0.717) is 5.56 Å². The number of anilines is 1. The van der Waals surface area contributed by atoms with Gasteiger partial charge in [0.15, 0.2) is 0 Å². The average molecular weight is 351 g/mol. The lowest BCUT2D eigenvalue weighted by atomic mass is 9.66. The standard InChI is InChI=1S/C22H22FNO2/c1-21(2)20-22(3,8-10-26-20)16-11-15(17(23)12-18(16)24-21)13-5-4-6-19-14(13)7-9-25-19/h4-7,9,11-12,20,24H,8,10H2,1-3H3. The van der Waals surface area contributed by atoms with Crippen molar-refractivity contribution in [2.75, 3.05) is 11.9 Å². The van der Waals surface area contributed by atoms with Crippen LogP contribution in [0.3, 0.4) is 0 Å². The molecule has 0 saturated carbocycles. The van der Waals surface area contributed by atoms with E-state index in [1.54, 1.807) is 12.3 Å². The van der Waals surface area contributed by atoms with Crippen molar-refractivity contribution in [3.05, 3.63) is 54.0 Å². The molecule has 0 radical (unpaired) electrons. The second-order valence-corrected chi connectivity index (χ2v) is 8.28. The van der Waals surface area contributed by atoms with E-state index < -0.39 is 0 Å². The van der Waals surface area contributed by atoms with E-state index in [2.05, 4.69) is 26.1 Å². The first-order valence-corrected chi connectivity index (χ1v) is 9.10. The van der Waals surface area contributed by atoms with Gasteiger partial charge in [-0.15, -0.1) is 0 Å². The van der Waals surface area contributed by atoms with Crippen LogP contribution in [0.4, 0.5) is 10.1 Å². The third-order valence-corrected chi connectivity index (χ3v) is 6.11. The predicted molar refractivity (Wildman–Crippen MR) is 101 cm³/mol. The van der Waals surface area contributed by atoms with Crippen LogP contribution >= 0.6 is 0 Å². The number of benzene rings is 2. The zero-order valence-corrected chi connectivity index (χ0v) is 15.2. The largest absolute Gasteiger partial charge is 0.464 e. The van der Waals surface area contributed by atoms with Crippen LogP contribution in [0.15, 0.2) is 47.1 Å². The maximum atomic E-state index is 15.1. The summed E-state index contributed by atoms with van der Waals surface area (Å²) in [7, 11) is 0. The molecule has 1 N–H and O–H groups in total. The molecule has 4 heteroatoms. The SMILES string of the molecule is CC1(C)Nc2cc(F)c(-c3cccc4occc34)cc2C2(C)CCOC12. The minimum absolute atomic E-state index is 0.0607. The third kappa shape index (κ3) is 2.02. The van der Waals surface area contributed by atoms with E-state index in [0.717, 1.165) is 40.8 Å². The summed E-state index contributed by atoms with van der Waals surface area (Å²) in [5.41, 5.74) is 3.89. The lowest BCUT2D eigenvalue weighted by Crippen LogP contribution is -2.56. The van der Waals surface area contributed by atoms with Crippen LogP contribution in [0, 0.1) is 5.82 Å². The highest BCUT2D eigenvalue weighted by molar-refractivity contribution is 5.94. The van der Waals surface area contributed by atoms with Gasteiger partial charge in [-0.1, -0.05) is 19.1 Å². The Kier molecular flexibility index (Phi) is 3.12. The molecule has 2 aromatic carbocycles. The second-order valence-electron chi connectivity index (χ2n) is 8.28. The van der Waals surface area contributed by atoms with Crippen molar-refractivity contribution in [2.24, 2.45) is 0 Å². The van der Waals surface area contributed by atoms with E-state index in [-0.39, 0.29) is 22.9 Å². The van der Waals surface area contributed by atoms with E-state index in [9.17, 15) is 0 Å². The monoisotopic (exact) mass is 351 g/mol. The summed E-state index contributed by atoms with van der Waals surface area (Å²) in [6, 6.07) is 11.3. The number of hydrogen-bond acceptors (Lipinski definition) is 3. The molecular weight excluding hydrogens is 329 g/mol. The van der Waals surface area contributed by atoms with Crippen LogP contribution < -0.4 is 5.32 Å². The molecule has 3 heterocycles. The molecule has 0 aliphatic carbocycles. The Morgan fingerprint density at radius 1 is 1.12 bits per heavy atom. The summed E-state index contributed by atoms with van der Waals surface area (Å²) in [5, 5.41) is 4.43. The van der Waals surface area contributed by atoms with Crippen LogP contribution in [-0.2, 0) is 10.2 Å². The van der Waals surface area contributed by atoms with Crippen LogP contribution in [0.5, 0.6) is 0 Å². The highest BCUT2D eigenvalue weighted by Crippen LogP contribution is 2.51. The Balaban J connectivity index is 1.76. The molecule has 2 atom stereocenters. The summed E-state index contributed by atoms with van der Waals surface area (Å²) in [4.78, 5) is 0. The van der Waals surface area contributed by atoms with Gasteiger partial charge in [0, 0.05) is 28.7 Å². The van der Waals surface area contributed by atoms with Crippen molar-refractivity contribution < 1.29 is 13.5 Å². The topological polar surface area (TPSA) is 34.4 Å². The average Bonchev–Trinajstić information content (AvgIpc) is 3.21. The fourth-order valence-electron chi connectivity index (χ4n) is 4.98. The quantitative estimate of drug-likeness (QED) is 0.629. The molecule has 2 unspecified atom stereocenters. The summed E-state index contributed by atoms with van der Waals surface area (Å²) in [6.45, 7) is 7.23. The fraction of sp³-hybridized carbons (Fsp3) is 0.364. The maximum Gasteiger partial charge on any atom is 0.134 e. The predicted octanol–water partition coefficient (Wildman–Crippen LogP) is 5.49. The minimum Gasteiger partial charge on any atom is -0.464 e. The van der Waals surface area contributed by atoms with Crippen molar-refractivity contribution in [1.29, 1.82) is 0 Å². The Hall–Kier alpha value is -2.33. The Morgan fingerprint density at radius 3 is 2.81 bits per heavy atom. The molecular formula is C22H22FNO2. The number of fused-ring (bicyclic) bond motifs is 4. The summed E-state index contributed by atoms with van der Waals surface area (Å²) >= 11 is 0. The van der Waals surface area contributed by atoms with Crippen LogP contribution in [0.25, 0.3) is 22.1 Å². The molecule has 2 aliphatic rings. The first-order valence-electron chi connectivity index (χ1n) is 9.10. The number of nitrogens with one attached hydrogen (secondary N) is 1. The molecule has 2 aliphatic heterocycles. The van der Waals surface area contributed by atoms with Gasteiger partial charge in [-0.2, -0.15) is 0 Å². The van der Waals surface area contributed by atoms with Gasteiger partial charge in [0.1, 0.15) is 11.4 Å². The smallest absolute Gasteiger partial charge is 0.134 e. The van der Waals surface area contributed by atoms with Gasteiger partial charge in [0.25, 0.3) is 0 Å². The van der Waals surface area contributed by atoms with Crippen molar-refractivity contribution >= 4 is 16.7 Å². The van der Waals surface area contributed by atoms with Gasteiger partial charge >= 0.3 is 0 Å². The van der Waals surface area contributed by atoms with Crippen LogP contribution in [0.1, 0.15) is 32.8 Å². The van der Waals surface area contributed by atoms with Crippen molar-refractivity contribution in [2.45, 2.75) is 44.2 Å². The van der Waals surface area contributed by atoms with Gasteiger partial charge in [0.05, 0.1) is 17.9 Å². The molecule has 1 fully saturated rings. The Bertz CT molecular complexity index is 1020. The van der Waals surface area contributed by atoms with Crippen molar-refractivity contribution in [3.8, 4) is 11.1 Å². The summed E-state index contributed by atoms with van der Waals surface area (Å²) < 4.78 is 26.7. The highest BCUT2D eigenvalue weighted by Gasteiger charge is 2.53. The molecule has 0 spiro atoms. The number of ether oxygens (including phenoxy) is 1. The molecule has 0 amide bonds. The maximum absolute atomic E-state index is 15.1. The first kappa shape index (κ1) is 15.9. The van der Waals surface area contributed by atoms with Gasteiger partial charge in [-0.25, -0.2) is 4.39 Å². The molecule has 1 saturated heterocycles. The molecule has 5 rings (SSSR count). The van der Waals surface area contributed by atoms with Gasteiger partial charge in [-0.3, -0.25) is 0 Å². The Labute approximate surface area is 152 Å². The highest BCUT2D eigenvalue weighted by atomic mass is 19.1. The van der Waals surface area contributed by atoms with Gasteiger partial charge in [-0.05, 0) is 55.7 Å². The van der Waals surface area contributed by atoms with Crippen LogP contribution in [-0.4, -0.2) is 18.2 Å². The zero-order valence-electron chi connectivity index (χ0n) is 15.2. The number of halogens is 1. The van der Waals surface area contributed by atoms with Crippen molar-refractivity contribution in [1.82, 2.24) is 0 Å². The lowest BCUT2D eigenvalue weighted by molar-refractivity contribution is 0.0352. The molecule has 3 aromatic rings. The second kappa shape index (κ2) is 5.10. The normalized spacial score (nSPS) is 26.4. The first-order chi connectivity index (χ1) is 12.4. The van der Waals surface area contributed by atoms with Crippen molar-refractivity contribution in [3.63, 3.8) is 0 Å². The molecule has 3 nitrogen and oxygen atoms in total. The lowest BCUT2D eigenvalue weighted by Gasteiger charge is -2.48. The summed E-state index contributed by atoms with van der Waals surface area (Å²) in [5.74, 6) is -0.221. The molecule has 134 valence electrons. The van der Waals surface area contributed by atoms with E-state index in [1.165, 1.54) is 0 Å². The molecule has 0 bridgehead atoms. The van der Waals surface area contributed by atoms with E-state index in [4.69, 9.17) is 9.15 Å². The third-order valence-electron chi connectivity index (χ3n) is 6.11. The minimum atomic E-state index is -0.239. The number of rotatable bonds is 1. The van der Waals surface area contributed by atoms with Gasteiger partial charge in [0.2, 0.25) is 0 Å². The van der Waals surface area contributed by atoms with Gasteiger partial charge < -0.3 is 14.5 Å². The van der Waals surface area contributed by atoms with E-state index >= 15 is 4.39 Å². The zero-order chi connectivity index (χ0) is 18.1. The number of furan rings is 1.